The van der Waals surface area contributed by atoms with Gasteiger partial charge in [0.25, 0.3) is 0 Å². The number of hydrogen-bond donors (Lipinski definition) is 0. The molecule has 0 aromatic heterocycles. The summed E-state index contributed by atoms with van der Waals surface area (Å²) in [4.78, 5) is 0. The van der Waals surface area contributed by atoms with E-state index >= 15 is 0 Å². The molecule has 0 spiro atoms. The zero-order chi connectivity index (χ0) is 18.8. The van der Waals surface area contributed by atoms with Crippen molar-refractivity contribution >= 4 is 12.2 Å². The molecular weight excluding hydrogens is 474 g/mol. The Hall–Kier alpha value is -0.617. The van der Waals surface area contributed by atoms with Crippen molar-refractivity contribution in [2.24, 2.45) is 11.8 Å². The maximum Gasteiger partial charge on any atom is -1.00 e. The van der Waals surface area contributed by atoms with Crippen LogP contribution in [-0.2, 0) is 20.3 Å². The molecule has 2 atom stereocenters. The van der Waals surface area contributed by atoms with E-state index in [1.54, 1.807) is 30.5 Å². The summed E-state index contributed by atoms with van der Waals surface area (Å²) < 4.78 is 4.68. The molecule has 5 rings (SSSR count). The molecule has 3 heteroatoms. The molecule has 2 aliphatic carbocycles. The minimum absolute atomic E-state index is 0. The van der Waals surface area contributed by atoms with Gasteiger partial charge in [-0.15, -0.1) is 0 Å². The summed E-state index contributed by atoms with van der Waals surface area (Å²) in [5.41, 5.74) is 9.85. The molecule has 0 bridgehead atoms. The summed E-state index contributed by atoms with van der Waals surface area (Å²) in [7, 11) is 0. The van der Waals surface area contributed by atoms with Gasteiger partial charge in [-0.05, 0) is 0 Å². The molecule has 1 heterocycles. The first-order chi connectivity index (χ1) is 13.0. The fraction of sp³-hybridized carbons (Fsp3) is 0.385. The molecule has 3 aliphatic rings. The Balaban J connectivity index is 0.00000120. The Morgan fingerprint density at radius 2 is 1.03 bits per heavy atom. The molecule has 152 valence electrons. The number of benzene rings is 2. The van der Waals surface area contributed by atoms with Crippen LogP contribution in [-0.4, -0.2) is 0 Å². The van der Waals surface area contributed by atoms with Crippen LogP contribution in [0.1, 0.15) is 57.2 Å². The van der Waals surface area contributed by atoms with Crippen LogP contribution in [0.2, 0.25) is 8.26 Å². The smallest absolute Gasteiger partial charge is 1.00 e. The minimum atomic E-state index is -2.42. The van der Waals surface area contributed by atoms with Crippen molar-refractivity contribution in [3.05, 3.63) is 81.9 Å². The van der Waals surface area contributed by atoms with Gasteiger partial charge >= 0.3 is 169 Å². The van der Waals surface area contributed by atoms with Gasteiger partial charge in [-0.3, -0.25) is 0 Å². The summed E-state index contributed by atoms with van der Waals surface area (Å²) in [5, 5.41) is 0. The first-order valence-corrected chi connectivity index (χ1v) is 16.9. The number of rotatable bonds is 4. The van der Waals surface area contributed by atoms with Crippen LogP contribution >= 0.6 is 0 Å². The molecule has 2 aromatic carbocycles. The Labute approximate surface area is 193 Å². The second-order valence-corrected chi connectivity index (χ2v) is 20.8. The van der Waals surface area contributed by atoms with E-state index in [1.165, 1.54) is 11.1 Å². The van der Waals surface area contributed by atoms with E-state index in [0.29, 0.717) is 11.8 Å². The van der Waals surface area contributed by atoms with Crippen LogP contribution in [0.25, 0.3) is 12.2 Å². The third-order valence-corrected chi connectivity index (χ3v) is 20.1. The van der Waals surface area contributed by atoms with Gasteiger partial charge in [0.2, 0.25) is 0 Å². The van der Waals surface area contributed by atoms with Crippen molar-refractivity contribution in [2.75, 3.05) is 0 Å². The monoisotopic (exact) mass is 502 g/mol. The summed E-state index contributed by atoms with van der Waals surface area (Å²) in [6.45, 7) is 9.64. The predicted octanol–water partition coefficient (Wildman–Crippen LogP) is 1.59. The number of halogens is 2. The molecule has 2 unspecified atom stereocenters. The van der Waals surface area contributed by atoms with E-state index < -0.39 is 20.3 Å². The fourth-order valence-corrected chi connectivity index (χ4v) is 24.1. The molecule has 2 aromatic rings. The van der Waals surface area contributed by atoms with E-state index in [4.69, 9.17) is 0 Å². The normalized spacial score (nSPS) is 21.9. The van der Waals surface area contributed by atoms with E-state index in [-0.39, 0.29) is 24.8 Å². The van der Waals surface area contributed by atoms with Crippen LogP contribution < -0.4 is 24.8 Å². The summed E-state index contributed by atoms with van der Waals surface area (Å²) in [6, 6.07) is 18.6. The van der Waals surface area contributed by atoms with Gasteiger partial charge in [-0.25, -0.2) is 0 Å². The molecule has 1 fully saturated rings. The van der Waals surface area contributed by atoms with E-state index in [0.717, 1.165) is 7.25 Å². The van der Waals surface area contributed by atoms with Crippen LogP contribution in [0, 0.1) is 11.8 Å². The van der Waals surface area contributed by atoms with Crippen molar-refractivity contribution in [1.82, 2.24) is 0 Å². The van der Waals surface area contributed by atoms with E-state index in [2.05, 4.69) is 88.4 Å². The molecule has 1 aliphatic heterocycles. The molecule has 29 heavy (non-hydrogen) atoms. The maximum atomic E-state index is 2.56. The zero-order valence-electron chi connectivity index (χ0n) is 17.8. The molecule has 0 radical (unpaired) electrons. The van der Waals surface area contributed by atoms with E-state index in [1.807, 2.05) is 0 Å². The van der Waals surface area contributed by atoms with Gasteiger partial charge in [-0.2, -0.15) is 0 Å². The SMILES string of the molecule is CC(C)C1=Cc2ccccc2[CH]1[Zr+2]1([CH]2C(C(C)C)=Cc3ccccc32)[CH2][CH2]1.[Cl-].[Cl-]. The summed E-state index contributed by atoms with van der Waals surface area (Å²) in [5.74, 6) is 1.31. The predicted molar refractivity (Wildman–Crippen MR) is 114 cm³/mol. The van der Waals surface area contributed by atoms with Crippen LogP contribution in [0.3, 0.4) is 0 Å². The number of hydrogen-bond acceptors (Lipinski definition) is 0. The largest absolute Gasteiger partial charge is 1.00 e. The van der Waals surface area contributed by atoms with Gasteiger partial charge in [0.15, 0.2) is 0 Å². The Bertz CT molecular complexity index is 891. The first kappa shape index (κ1) is 23.1. The average Bonchev–Trinajstić information content (AvgIpc) is 3.18. The molecule has 0 N–H and O–H groups in total. The third-order valence-electron chi connectivity index (χ3n) is 7.24. The third kappa shape index (κ3) is 3.56. The van der Waals surface area contributed by atoms with Gasteiger partial charge < -0.3 is 24.8 Å². The molecule has 0 saturated carbocycles. The van der Waals surface area contributed by atoms with Crippen molar-refractivity contribution in [3.8, 4) is 0 Å². The topological polar surface area (TPSA) is 0 Å². The summed E-state index contributed by atoms with van der Waals surface area (Å²) in [6.07, 6.45) is 5.11. The minimum Gasteiger partial charge on any atom is -1.00 e. The van der Waals surface area contributed by atoms with Crippen molar-refractivity contribution in [2.45, 2.75) is 43.2 Å². The molecule has 0 nitrogen and oxygen atoms in total. The van der Waals surface area contributed by atoms with E-state index in [9.17, 15) is 0 Å². The van der Waals surface area contributed by atoms with Crippen molar-refractivity contribution in [1.29, 1.82) is 0 Å². The Kier molecular flexibility index (Phi) is 6.75. The summed E-state index contributed by atoms with van der Waals surface area (Å²) >= 11 is -2.42. The van der Waals surface area contributed by atoms with Gasteiger partial charge in [-0.1, -0.05) is 0 Å². The quantitative estimate of drug-likeness (QED) is 0.594. The van der Waals surface area contributed by atoms with Crippen molar-refractivity contribution in [3.63, 3.8) is 0 Å². The van der Waals surface area contributed by atoms with Gasteiger partial charge in [0.1, 0.15) is 0 Å². The van der Waals surface area contributed by atoms with Crippen LogP contribution in [0.5, 0.6) is 0 Å². The Morgan fingerprint density at radius 3 is 1.38 bits per heavy atom. The number of fused-ring (bicyclic) bond motifs is 2. The zero-order valence-corrected chi connectivity index (χ0v) is 21.7. The Morgan fingerprint density at radius 1 is 0.655 bits per heavy atom. The molecular formula is C26H30Cl2Zr. The number of allylic oxidation sites excluding steroid dienone is 2. The van der Waals surface area contributed by atoms with Gasteiger partial charge in [0, 0.05) is 0 Å². The first-order valence-electron chi connectivity index (χ1n) is 10.6. The molecule has 0 amide bonds. The standard InChI is InChI=1S/2C12H13.C2H4.2ClH.Zr/c2*1-9(2)12-7-10-5-3-4-6-11(10)8-12;1-2;;;/h2*3-9H,1-2H3;1-2H2;2*1H;/q;;;;;+2/p-2. The van der Waals surface area contributed by atoms with Gasteiger partial charge in [0.05, 0.1) is 0 Å². The van der Waals surface area contributed by atoms with Crippen LogP contribution in [0.15, 0.2) is 59.7 Å². The second kappa shape index (κ2) is 8.49. The van der Waals surface area contributed by atoms with Crippen LogP contribution in [0.4, 0.5) is 0 Å². The molecule has 1 saturated heterocycles. The van der Waals surface area contributed by atoms with Crippen molar-refractivity contribution < 1.29 is 45.1 Å². The average molecular weight is 505 g/mol. The second-order valence-electron chi connectivity index (χ2n) is 9.46. The maximum absolute atomic E-state index is 2.56. The fourth-order valence-electron chi connectivity index (χ4n) is 5.87.